The number of hydrogen-bond donors (Lipinski definition) is 0. The van der Waals surface area contributed by atoms with Crippen molar-refractivity contribution in [3.8, 4) is 39.6 Å². The van der Waals surface area contributed by atoms with Gasteiger partial charge < -0.3 is 9.13 Å². The van der Waals surface area contributed by atoms with Crippen molar-refractivity contribution in [3.05, 3.63) is 188 Å². The van der Waals surface area contributed by atoms with Crippen LogP contribution in [0.2, 0.25) is 0 Å². The minimum Gasteiger partial charge on any atom is -0.309 e. The van der Waals surface area contributed by atoms with Crippen LogP contribution in [0.3, 0.4) is 0 Å². The van der Waals surface area contributed by atoms with E-state index in [9.17, 15) is 0 Å². The topological polar surface area (TPSA) is 40.6 Å². The highest BCUT2D eigenvalue weighted by atomic mass is 32.1. The first-order valence-corrected chi connectivity index (χ1v) is 19.7. The van der Waals surface area contributed by atoms with Gasteiger partial charge in [0, 0.05) is 64.2 Å². The molecule has 0 amide bonds. The predicted molar refractivity (Wildman–Crippen MR) is 234 cm³/mol. The van der Waals surface area contributed by atoms with E-state index in [2.05, 4.69) is 173 Å². The largest absolute Gasteiger partial charge is 0.309 e. The Morgan fingerprint density at radius 1 is 0.393 bits per heavy atom. The molecule has 4 heterocycles. The van der Waals surface area contributed by atoms with Gasteiger partial charge in [0.05, 0.1) is 27.8 Å². The van der Waals surface area contributed by atoms with Crippen molar-refractivity contribution in [3.63, 3.8) is 0 Å². The van der Waals surface area contributed by atoms with Crippen molar-refractivity contribution in [2.45, 2.75) is 0 Å². The first-order valence-electron chi connectivity index (χ1n) is 18.8. The van der Waals surface area contributed by atoms with Crippen LogP contribution in [-0.4, -0.2) is 24.1 Å². The molecule has 0 atom stereocenters. The Balaban J connectivity index is 1.10. The summed E-state index contributed by atoms with van der Waals surface area (Å²) >= 11 is 1.89. The van der Waals surface area contributed by atoms with Gasteiger partial charge in [0.1, 0.15) is 11.4 Å². The van der Waals surface area contributed by atoms with Gasteiger partial charge in [-0.1, -0.05) is 133 Å². The Kier molecular flexibility index (Phi) is 6.73. The summed E-state index contributed by atoms with van der Waals surface area (Å²) in [6.07, 6.45) is 0. The van der Waals surface area contributed by atoms with Crippen LogP contribution in [0.4, 0.5) is 0 Å². The summed E-state index contributed by atoms with van der Waals surface area (Å²) in [7, 11) is 0. The molecule has 5 nitrogen and oxygen atoms in total. The summed E-state index contributed by atoms with van der Waals surface area (Å²) in [4.78, 5) is 0. The second kappa shape index (κ2) is 12.1. The van der Waals surface area contributed by atoms with E-state index in [1.807, 2.05) is 40.3 Å². The van der Waals surface area contributed by atoms with Crippen molar-refractivity contribution in [2.75, 3.05) is 0 Å². The monoisotopic (exact) mass is 733 g/mol. The van der Waals surface area contributed by atoms with Crippen molar-refractivity contribution in [2.24, 2.45) is 0 Å². The molecular weight excluding hydrogens is 703 g/mol. The highest BCUT2D eigenvalue weighted by molar-refractivity contribution is 7.26. The third kappa shape index (κ3) is 4.54. The highest BCUT2D eigenvalue weighted by Crippen LogP contribution is 2.44. The Morgan fingerprint density at radius 2 is 1.00 bits per heavy atom. The molecule has 0 spiro atoms. The normalized spacial score (nSPS) is 11.9. The predicted octanol–water partition coefficient (Wildman–Crippen LogP) is 13.2. The number of rotatable bonds is 5. The van der Waals surface area contributed by atoms with Gasteiger partial charge >= 0.3 is 0 Å². The number of para-hydroxylation sites is 3. The van der Waals surface area contributed by atoms with Crippen molar-refractivity contribution in [1.29, 1.82) is 0 Å². The Hall–Kier alpha value is -7.28. The van der Waals surface area contributed by atoms with Crippen molar-refractivity contribution < 1.29 is 0 Å². The summed E-state index contributed by atoms with van der Waals surface area (Å²) in [6.45, 7) is 0. The van der Waals surface area contributed by atoms with Crippen LogP contribution >= 0.6 is 11.3 Å². The molecule has 6 heteroatoms. The standard InChI is InChI=1S/C50H31N5S/c1-3-14-32(15-4-1)48-49(55(52-51-48)34-16-5-2-6-17-34)33-26-27-38-37-20-7-10-23-42(37)54(45(38)30-33)36-19-13-18-35(31-36)53-43-24-11-8-22-41(43)47-44(53)29-28-40-39-21-9-12-25-46(39)56-50(40)47/h1-31H. The van der Waals surface area contributed by atoms with Crippen molar-refractivity contribution in [1.82, 2.24) is 24.1 Å². The van der Waals surface area contributed by atoms with Gasteiger partial charge in [-0.2, -0.15) is 0 Å². The molecule has 8 aromatic carbocycles. The molecule has 56 heavy (non-hydrogen) atoms. The average Bonchev–Trinajstić information content (AvgIpc) is 4.03. The maximum atomic E-state index is 4.77. The van der Waals surface area contributed by atoms with E-state index in [1.165, 1.54) is 52.8 Å². The SMILES string of the molecule is c1ccc(-c2nnn(-c3ccccc3)c2-c2ccc3c4ccccc4n(-c4cccc(-n5c6ccccc6c6c7sc8ccccc8c7ccc65)c4)c3c2)cc1. The van der Waals surface area contributed by atoms with E-state index in [4.69, 9.17) is 10.3 Å². The first-order chi connectivity index (χ1) is 27.8. The molecular formula is C50H31N5S. The van der Waals surface area contributed by atoms with Crippen LogP contribution < -0.4 is 0 Å². The number of aromatic nitrogens is 5. The van der Waals surface area contributed by atoms with Gasteiger partial charge in [0.2, 0.25) is 0 Å². The second-order valence-corrected chi connectivity index (χ2v) is 15.3. The summed E-state index contributed by atoms with van der Waals surface area (Å²) in [5.41, 5.74) is 11.7. The minimum atomic E-state index is 0.845. The van der Waals surface area contributed by atoms with E-state index in [-0.39, 0.29) is 0 Å². The molecule has 0 unspecified atom stereocenters. The van der Waals surface area contributed by atoms with Gasteiger partial charge in [0.25, 0.3) is 0 Å². The zero-order chi connectivity index (χ0) is 36.7. The van der Waals surface area contributed by atoms with E-state index in [0.717, 1.165) is 50.6 Å². The number of benzene rings is 8. The highest BCUT2D eigenvalue weighted by Gasteiger charge is 2.22. The Labute approximate surface area is 325 Å². The fourth-order valence-electron chi connectivity index (χ4n) is 8.76. The summed E-state index contributed by atoms with van der Waals surface area (Å²) < 4.78 is 9.47. The number of thiophene rings is 1. The average molecular weight is 734 g/mol. The van der Waals surface area contributed by atoms with Gasteiger partial charge in [-0.25, -0.2) is 4.68 Å². The molecule has 0 saturated heterocycles. The van der Waals surface area contributed by atoms with E-state index < -0.39 is 0 Å². The summed E-state index contributed by atoms with van der Waals surface area (Å²) in [5.74, 6) is 0. The van der Waals surface area contributed by atoms with Gasteiger partial charge in [-0.15, -0.1) is 16.4 Å². The second-order valence-electron chi connectivity index (χ2n) is 14.3. The molecule has 0 saturated carbocycles. The molecule has 262 valence electrons. The molecule has 0 aliphatic carbocycles. The van der Waals surface area contributed by atoms with Crippen LogP contribution in [0.5, 0.6) is 0 Å². The maximum Gasteiger partial charge on any atom is 0.121 e. The smallest absolute Gasteiger partial charge is 0.121 e. The molecule has 0 aliphatic heterocycles. The zero-order valence-electron chi connectivity index (χ0n) is 30.0. The lowest BCUT2D eigenvalue weighted by Crippen LogP contribution is -2.00. The van der Waals surface area contributed by atoms with E-state index in [0.29, 0.717) is 0 Å². The van der Waals surface area contributed by atoms with Crippen LogP contribution in [0, 0.1) is 0 Å². The van der Waals surface area contributed by atoms with Gasteiger partial charge in [-0.05, 0) is 60.7 Å². The molecule has 12 aromatic rings. The van der Waals surface area contributed by atoms with Gasteiger partial charge in [-0.3, -0.25) is 0 Å². The van der Waals surface area contributed by atoms with Crippen LogP contribution in [0.1, 0.15) is 0 Å². The van der Waals surface area contributed by atoms with E-state index in [1.54, 1.807) is 0 Å². The first kappa shape index (κ1) is 31.1. The van der Waals surface area contributed by atoms with Crippen LogP contribution in [0.15, 0.2) is 188 Å². The summed E-state index contributed by atoms with van der Waals surface area (Å²) in [5, 5.41) is 17.1. The number of hydrogen-bond acceptors (Lipinski definition) is 3. The zero-order valence-corrected chi connectivity index (χ0v) is 30.9. The molecule has 0 aliphatic rings. The Morgan fingerprint density at radius 3 is 1.80 bits per heavy atom. The number of nitrogens with zero attached hydrogens (tertiary/aromatic N) is 5. The maximum absolute atomic E-state index is 4.77. The lowest BCUT2D eigenvalue weighted by Gasteiger charge is -2.14. The van der Waals surface area contributed by atoms with Crippen LogP contribution in [0.25, 0.3) is 103 Å². The molecule has 0 bridgehead atoms. The fraction of sp³-hybridized carbons (Fsp3) is 0. The molecule has 0 radical (unpaired) electrons. The van der Waals surface area contributed by atoms with Gasteiger partial charge in [0.15, 0.2) is 0 Å². The molecule has 12 rings (SSSR count). The fourth-order valence-corrected chi connectivity index (χ4v) is 10.0. The molecule has 0 N–H and O–H groups in total. The summed E-state index contributed by atoms with van der Waals surface area (Å²) in [6, 6.07) is 67.3. The van der Waals surface area contributed by atoms with E-state index >= 15 is 0 Å². The number of fused-ring (bicyclic) bond motifs is 10. The lowest BCUT2D eigenvalue weighted by atomic mass is 10.0. The third-order valence-corrected chi connectivity index (χ3v) is 12.4. The third-order valence-electron chi connectivity index (χ3n) is 11.2. The van der Waals surface area contributed by atoms with Crippen LogP contribution in [-0.2, 0) is 0 Å². The Bertz CT molecular complexity index is 3420. The quantitative estimate of drug-likeness (QED) is 0.177. The molecule has 4 aromatic heterocycles. The minimum absolute atomic E-state index is 0.845. The lowest BCUT2D eigenvalue weighted by molar-refractivity contribution is 0.808. The van der Waals surface area contributed by atoms with Crippen molar-refractivity contribution >= 4 is 75.1 Å². The molecule has 0 fully saturated rings.